The van der Waals surface area contributed by atoms with E-state index in [9.17, 15) is 13.6 Å². The predicted molar refractivity (Wildman–Crippen MR) is 78.2 cm³/mol. The summed E-state index contributed by atoms with van der Waals surface area (Å²) in [4.78, 5) is 11.9. The van der Waals surface area contributed by atoms with E-state index in [1.165, 1.54) is 18.2 Å². The number of nitrogens with zero attached hydrogens (tertiary/aromatic N) is 1. The second-order valence-corrected chi connectivity index (χ2v) is 5.33. The van der Waals surface area contributed by atoms with Gasteiger partial charge in [0, 0.05) is 10.2 Å². The Morgan fingerprint density at radius 2 is 1.86 bits per heavy atom. The van der Waals surface area contributed by atoms with Crippen LogP contribution in [0.3, 0.4) is 0 Å². The van der Waals surface area contributed by atoms with Crippen LogP contribution in [0.25, 0.3) is 0 Å². The fourth-order valence-corrected chi connectivity index (χ4v) is 2.20. The first-order chi connectivity index (χ1) is 9.92. The molecule has 0 radical (unpaired) electrons. The lowest BCUT2D eigenvalue weighted by Gasteiger charge is -2.08. The van der Waals surface area contributed by atoms with E-state index < -0.39 is 23.1 Å². The molecule has 7 heteroatoms. The molecular weight excluding hydrogens is 366 g/mol. The smallest absolute Gasteiger partial charge is 0.261 e. The van der Waals surface area contributed by atoms with E-state index in [-0.39, 0.29) is 20.7 Å². The summed E-state index contributed by atoms with van der Waals surface area (Å²) in [6, 6.07) is 7.96. The number of rotatable bonds is 2. The number of hydrogen-bond acceptors (Lipinski definition) is 2. The van der Waals surface area contributed by atoms with Crippen LogP contribution in [0.4, 0.5) is 14.5 Å². The van der Waals surface area contributed by atoms with E-state index in [1.807, 2.05) is 6.07 Å². The van der Waals surface area contributed by atoms with Gasteiger partial charge in [-0.3, -0.25) is 4.79 Å². The molecule has 0 spiro atoms. The van der Waals surface area contributed by atoms with Gasteiger partial charge in [-0.2, -0.15) is 5.26 Å². The highest BCUT2D eigenvalue weighted by molar-refractivity contribution is 9.10. The average Bonchev–Trinajstić information content (AvgIpc) is 2.39. The van der Waals surface area contributed by atoms with Crippen molar-refractivity contribution in [3.8, 4) is 6.07 Å². The Morgan fingerprint density at radius 1 is 1.24 bits per heavy atom. The van der Waals surface area contributed by atoms with Crippen molar-refractivity contribution in [3.05, 3.63) is 62.6 Å². The van der Waals surface area contributed by atoms with Gasteiger partial charge in [0.25, 0.3) is 5.91 Å². The molecule has 2 aromatic rings. The van der Waals surface area contributed by atoms with E-state index in [4.69, 9.17) is 16.9 Å². The molecule has 1 N–H and O–H groups in total. The lowest BCUT2D eigenvalue weighted by Crippen LogP contribution is -2.16. The third-order valence-electron chi connectivity index (χ3n) is 2.58. The minimum atomic E-state index is -0.992. The first kappa shape index (κ1) is 15.4. The molecule has 0 unspecified atom stereocenters. The van der Waals surface area contributed by atoms with Crippen molar-refractivity contribution in [2.45, 2.75) is 0 Å². The minimum absolute atomic E-state index is 0.145. The molecule has 0 bridgehead atoms. The van der Waals surface area contributed by atoms with Gasteiger partial charge in [-0.1, -0.05) is 27.5 Å². The summed E-state index contributed by atoms with van der Waals surface area (Å²) in [6.45, 7) is 0. The molecule has 2 aromatic carbocycles. The molecule has 0 atom stereocenters. The quantitative estimate of drug-likeness (QED) is 0.845. The Kier molecular flexibility index (Phi) is 4.56. The molecular formula is C14H6BrClF2N2O. The zero-order valence-corrected chi connectivity index (χ0v) is 12.6. The van der Waals surface area contributed by atoms with E-state index in [0.29, 0.717) is 0 Å². The summed E-state index contributed by atoms with van der Waals surface area (Å²) in [7, 11) is 0. The number of anilines is 1. The largest absolute Gasteiger partial charge is 0.322 e. The maximum absolute atomic E-state index is 13.7. The van der Waals surface area contributed by atoms with Crippen LogP contribution in [0, 0.1) is 23.0 Å². The van der Waals surface area contributed by atoms with Crippen molar-refractivity contribution >= 4 is 39.1 Å². The van der Waals surface area contributed by atoms with Gasteiger partial charge in [0.1, 0.15) is 23.3 Å². The van der Waals surface area contributed by atoms with Crippen LogP contribution in [0.15, 0.2) is 34.8 Å². The molecule has 1 amide bonds. The summed E-state index contributed by atoms with van der Waals surface area (Å²) in [5.74, 6) is -2.94. The van der Waals surface area contributed by atoms with Crippen molar-refractivity contribution in [3.63, 3.8) is 0 Å². The predicted octanol–water partition coefficient (Wildman–Crippen LogP) is 4.50. The van der Waals surface area contributed by atoms with Gasteiger partial charge in [0.2, 0.25) is 0 Å². The Balaban J connectivity index is 2.33. The van der Waals surface area contributed by atoms with Gasteiger partial charge in [0.15, 0.2) is 0 Å². The second-order valence-electron chi connectivity index (χ2n) is 4.00. The normalized spacial score (nSPS) is 10.0. The number of hydrogen-bond donors (Lipinski definition) is 1. The fourth-order valence-electron chi connectivity index (χ4n) is 1.64. The van der Waals surface area contributed by atoms with E-state index in [1.54, 1.807) is 0 Å². The monoisotopic (exact) mass is 370 g/mol. The van der Waals surface area contributed by atoms with Crippen molar-refractivity contribution < 1.29 is 13.6 Å². The minimum Gasteiger partial charge on any atom is -0.322 e. The van der Waals surface area contributed by atoms with Gasteiger partial charge in [-0.05, 0) is 30.3 Å². The molecule has 0 saturated heterocycles. The molecule has 0 aliphatic carbocycles. The third-order valence-corrected chi connectivity index (χ3v) is 3.37. The number of nitrogens with one attached hydrogen (secondary N) is 1. The van der Waals surface area contributed by atoms with Crippen molar-refractivity contribution in [2.75, 3.05) is 5.32 Å². The van der Waals surface area contributed by atoms with Crippen LogP contribution in [0.1, 0.15) is 15.9 Å². The first-order valence-electron chi connectivity index (χ1n) is 5.58. The Bertz CT molecular complexity index is 751. The topological polar surface area (TPSA) is 52.9 Å². The van der Waals surface area contributed by atoms with Crippen molar-refractivity contribution in [1.82, 2.24) is 0 Å². The molecule has 3 nitrogen and oxygen atoms in total. The number of halogens is 4. The third kappa shape index (κ3) is 3.38. The van der Waals surface area contributed by atoms with Crippen LogP contribution in [0.2, 0.25) is 5.02 Å². The highest BCUT2D eigenvalue weighted by Crippen LogP contribution is 2.23. The van der Waals surface area contributed by atoms with Gasteiger partial charge in [-0.25, -0.2) is 8.78 Å². The van der Waals surface area contributed by atoms with Gasteiger partial charge < -0.3 is 5.32 Å². The van der Waals surface area contributed by atoms with Crippen LogP contribution >= 0.6 is 27.5 Å². The summed E-state index contributed by atoms with van der Waals surface area (Å²) in [5.41, 5.74) is -0.347. The van der Waals surface area contributed by atoms with Gasteiger partial charge in [-0.15, -0.1) is 0 Å². The number of benzene rings is 2. The van der Waals surface area contributed by atoms with Crippen LogP contribution < -0.4 is 5.32 Å². The van der Waals surface area contributed by atoms with Gasteiger partial charge in [0.05, 0.1) is 10.6 Å². The van der Waals surface area contributed by atoms with Gasteiger partial charge >= 0.3 is 0 Å². The average molecular weight is 372 g/mol. The number of carbonyl (C=O) groups excluding carboxylic acids is 1. The maximum atomic E-state index is 13.7. The zero-order valence-electron chi connectivity index (χ0n) is 10.3. The van der Waals surface area contributed by atoms with E-state index >= 15 is 0 Å². The Hall–Kier alpha value is -1.97. The summed E-state index contributed by atoms with van der Waals surface area (Å²) < 4.78 is 27.5. The molecule has 2 rings (SSSR count). The van der Waals surface area contributed by atoms with E-state index in [0.717, 1.165) is 12.1 Å². The highest BCUT2D eigenvalue weighted by Gasteiger charge is 2.18. The molecule has 106 valence electrons. The SMILES string of the molecule is N#Cc1cc(NC(=O)c2c(F)cc(Br)cc2F)ccc1Cl. The molecule has 21 heavy (non-hydrogen) atoms. The lowest BCUT2D eigenvalue weighted by atomic mass is 10.1. The molecule has 0 heterocycles. The summed E-state index contributed by atoms with van der Waals surface area (Å²) >= 11 is 8.68. The Morgan fingerprint density at radius 3 is 2.43 bits per heavy atom. The number of amides is 1. The number of nitriles is 1. The Labute approximate surface area is 132 Å². The second kappa shape index (κ2) is 6.20. The van der Waals surface area contributed by atoms with Crippen LogP contribution in [-0.2, 0) is 0 Å². The molecule has 0 fully saturated rings. The first-order valence-corrected chi connectivity index (χ1v) is 6.75. The molecule has 0 saturated carbocycles. The maximum Gasteiger partial charge on any atom is 0.261 e. The molecule has 0 aromatic heterocycles. The molecule has 0 aliphatic rings. The van der Waals surface area contributed by atoms with Crippen LogP contribution in [0.5, 0.6) is 0 Å². The van der Waals surface area contributed by atoms with Crippen LogP contribution in [-0.4, -0.2) is 5.91 Å². The standard InChI is InChI=1S/C14H6BrClF2N2O/c15-8-4-11(17)13(12(18)5-8)14(21)20-9-1-2-10(16)7(3-9)6-19/h1-5H,(H,20,21). The van der Waals surface area contributed by atoms with E-state index in [2.05, 4.69) is 21.2 Å². The summed E-state index contributed by atoms with van der Waals surface area (Å²) in [6.07, 6.45) is 0. The fraction of sp³-hybridized carbons (Fsp3) is 0. The molecule has 0 aliphatic heterocycles. The number of carbonyl (C=O) groups is 1. The van der Waals surface area contributed by atoms with Crippen molar-refractivity contribution in [1.29, 1.82) is 5.26 Å². The zero-order chi connectivity index (χ0) is 15.6. The lowest BCUT2D eigenvalue weighted by molar-refractivity contribution is 0.101. The van der Waals surface area contributed by atoms with Crippen molar-refractivity contribution in [2.24, 2.45) is 0 Å². The summed E-state index contributed by atoms with van der Waals surface area (Å²) in [5, 5.41) is 11.4. The highest BCUT2D eigenvalue weighted by atomic mass is 79.9.